The minimum atomic E-state index is -0.872. The average molecular weight is 418 g/mol. The van der Waals surface area contributed by atoms with E-state index >= 15 is 0 Å². The van der Waals surface area contributed by atoms with E-state index in [1.165, 1.54) is 6.92 Å². The summed E-state index contributed by atoms with van der Waals surface area (Å²) in [7, 11) is 0. The van der Waals surface area contributed by atoms with Crippen molar-refractivity contribution in [3.8, 4) is 5.75 Å². The van der Waals surface area contributed by atoms with Gasteiger partial charge in [0.15, 0.2) is 6.10 Å². The molecule has 3 amide bonds. The molecule has 0 saturated carbocycles. The van der Waals surface area contributed by atoms with Crippen LogP contribution < -0.4 is 20.9 Å². The number of carbonyl (C=O) groups excluding carboxylic acids is 3. The summed E-state index contributed by atoms with van der Waals surface area (Å²) in [5.74, 6) is -0.947. The fourth-order valence-electron chi connectivity index (χ4n) is 2.47. The van der Waals surface area contributed by atoms with Crippen LogP contribution in [0, 0.1) is 13.8 Å². The van der Waals surface area contributed by atoms with Gasteiger partial charge in [-0.15, -0.1) is 0 Å². The first kappa shape index (κ1) is 22.2. The van der Waals surface area contributed by atoms with Gasteiger partial charge in [-0.05, 0) is 44.5 Å². The molecule has 1 unspecified atom stereocenters. The lowest BCUT2D eigenvalue weighted by molar-refractivity contribution is -0.133. The lowest BCUT2D eigenvalue weighted by atomic mass is 10.1. The molecule has 0 saturated heterocycles. The molecule has 0 aromatic heterocycles. The van der Waals surface area contributed by atoms with Crippen molar-refractivity contribution in [1.82, 2.24) is 10.9 Å². The van der Waals surface area contributed by atoms with Crippen LogP contribution in [0.15, 0.2) is 42.5 Å². The summed E-state index contributed by atoms with van der Waals surface area (Å²) in [5.41, 5.74) is 7.30. The lowest BCUT2D eigenvalue weighted by Crippen LogP contribution is -2.47. The molecule has 8 heteroatoms. The number of benzene rings is 2. The number of aryl methyl sites for hydroxylation is 2. The Bertz CT molecular complexity index is 901. The van der Waals surface area contributed by atoms with E-state index in [9.17, 15) is 14.4 Å². The Kier molecular flexibility index (Phi) is 8.03. The number of anilines is 1. The molecule has 7 nitrogen and oxygen atoms in total. The number of amides is 3. The van der Waals surface area contributed by atoms with Crippen molar-refractivity contribution in [1.29, 1.82) is 0 Å². The van der Waals surface area contributed by atoms with Gasteiger partial charge >= 0.3 is 0 Å². The topological polar surface area (TPSA) is 96.5 Å². The van der Waals surface area contributed by atoms with E-state index in [0.717, 1.165) is 11.1 Å². The van der Waals surface area contributed by atoms with Crippen molar-refractivity contribution in [3.63, 3.8) is 0 Å². The lowest BCUT2D eigenvalue weighted by Gasteiger charge is -2.16. The first-order chi connectivity index (χ1) is 13.8. The zero-order valence-corrected chi connectivity index (χ0v) is 17.3. The fraction of sp³-hybridized carbons (Fsp3) is 0.286. The zero-order valence-electron chi connectivity index (χ0n) is 16.5. The Hall–Kier alpha value is -3.06. The second-order valence-corrected chi connectivity index (χ2v) is 7.00. The van der Waals surface area contributed by atoms with E-state index in [1.54, 1.807) is 24.3 Å². The second kappa shape index (κ2) is 10.5. The maximum Gasteiger partial charge on any atom is 0.279 e. The number of para-hydroxylation sites is 1. The molecule has 0 spiro atoms. The van der Waals surface area contributed by atoms with Crippen LogP contribution >= 0.6 is 11.6 Å². The first-order valence-corrected chi connectivity index (χ1v) is 9.51. The summed E-state index contributed by atoms with van der Waals surface area (Å²) >= 11 is 5.98. The number of hydrogen-bond donors (Lipinski definition) is 3. The predicted octanol–water partition coefficient (Wildman–Crippen LogP) is 3.29. The quantitative estimate of drug-likeness (QED) is 0.602. The highest BCUT2D eigenvalue weighted by Crippen LogP contribution is 2.24. The molecule has 29 heavy (non-hydrogen) atoms. The normalized spacial score (nSPS) is 11.3. The van der Waals surface area contributed by atoms with E-state index in [2.05, 4.69) is 16.2 Å². The highest BCUT2D eigenvalue weighted by Gasteiger charge is 2.17. The molecule has 2 aromatic carbocycles. The average Bonchev–Trinajstić information content (AvgIpc) is 2.68. The molecule has 3 N–H and O–H groups in total. The van der Waals surface area contributed by atoms with Crippen molar-refractivity contribution in [2.24, 2.45) is 0 Å². The van der Waals surface area contributed by atoms with Crippen molar-refractivity contribution >= 4 is 35.0 Å². The van der Waals surface area contributed by atoms with Crippen LogP contribution in [0.5, 0.6) is 5.75 Å². The molecule has 154 valence electrons. The number of halogens is 1. The van der Waals surface area contributed by atoms with Crippen molar-refractivity contribution in [2.45, 2.75) is 39.7 Å². The molecule has 0 bridgehead atoms. The van der Waals surface area contributed by atoms with Gasteiger partial charge in [0, 0.05) is 18.5 Å². The molecular formula is C21H24ClN3O4. The van der Waals surface area contributed by atoms with Gasteiger partial charge in [-0.3, -0.25) is 25.2 Å². The minimum Gasteiger partial charge on any atom is -0.479 e. The highest BCUT2D eigenvalue weighted by atomic mass is 35.5. The van der Waals surface area contributed by atoms with E-state index in [0.29, 0.717) is 16.5 Å². The Labute approximate surface area is 174 Å². The van der Waals surface area contributed by atoms with E-state index in [1.807, 2.05) is 32.0 Å². The van der Waals surface area contributed by atoms with Gasteiger partial charge in [-0.25, -0.2) is 0 Å². The summed E-state index contributed by atoms with van der Waals surface area (Å²) in [6.45, 7) is 5.40. The summed E-state index contributed by atoms with van der Waals surface area (Å²) in [4.78, 5) is 35.9. The monoisotopic (exact) mass is 417 g/mol. The molecule has 1 atom stereocenters. The number of hydrazine groups is 1. The Morgan fingerprint density at radius 2 is 1.69 bits per heavy atom. The van der Waals surface area contributed by atoms with Crippen LogP contribution in [0.4, 0.5) is 5.69 Å². The second-order valence-electron chi connectivity index (χ2n) is 6.59. The SMILES string of the molecule is Cc1ccc(NC(=O)CCC(=O)NNC(=O)C(C)Oc2ccccc2Cl)c(C)c1. The Balaban J connectivity index is 1.72. The Morgan fingerprint density at radius 3 is 2.38 bits per heavy atom. The van der Waals surface area contributed by atoms with Crippen LogP contribution in [0.25, 0.3) is 0 Å². The molecule has 0 aliphatic rings. The summed E-state index contributed by atoms with van der Waals surface area (Å²) < 4.78 is 5.46. The van der Waals surface area contributed by atoms with Crippen molar-refractivity contribution in [3.05, 3.63) is 58.6 Å². The molecule has 0 radical (unpaired) electrons. The van der Waals surface area contributed by atoms with E-state index in [4.69, 9.17) is 16.3 Å². The van der Waals surface area contributed by atoms with Crippen LogP contribution in [-0.4, -0.2) is 23.8 Å². The smallest absolute Gasteiger partial charge is 0.279 e. The third-order valence-corrected chi connectivity index (χ3v) is 4.38. The highest BCUT2D eigenvalue weighted by molar-refractivity contribution is 6.32. The maximum absolute atomic E-state index is 12.0. The standard InChI is InChI=1S/C21H24ClN3O4/c1-13-8-9-17(14(2)12-13)23-19(26)10-11-20(27)24-25-21(28)15(3)29-18-7-5-4-6-16(18)22/h4-9,12,15H,10-11H2,1-3H3,(H,23,26)(H,24,27)(H,25,28). The van der Waals surface area contributed by atoms with Gasteiger partial charge in [-0.1, -0.05) is 41.4 Å². The fourth-order valence-corrected chi connectivity index (χ4v) is 2.65. The minimum absolute atomic E-state index is 0.0132. The van der Waals surface area contributed by atoms with Crippen molar-refractivity contribution in [2.75, 3.05) is 5.32 Å². The number of rotatable bonds is 7. The third-order valence-electron chi connectivity index (χ3n) is 4.07. The van der Waals surface area contributed by atoms with Crippen molar-refractivity contribution < 1.29 is 19.1 Å². The van der Waals surface area contributed by atoms with Gasteiger partial charge in [-0.2, -0.15) is 0 Å². The molecule has 0 aliphatic heterocycles. The molecule has 0 heterocycles. The van der Waals surface area contributed by atoms with Crippen LogP contribution in [0.2, 0.25) is 5.02 Å². The van der Waals surface area contributed by atoms with Gasteiger partial charge < -0.3 is 10.1 Å². The van der Waals surface area contributed by atoms with Gasteiger partial charge in [0.2, 0.25) is 11.8 Å². The van der Waals surface area contributed by atoms with E-state index in [-0.39, 0.29) is 18.7 Å². The predicted molar refractivity (Wildman–Crippen MR) is 112 cm³/mol. The van der Waals surface area contributed by atoms with Crippen LogP contribution in [0.1, 0.15) is 30.9 Å². The molecular weight excluding hydrogens is 394 g/mol. The van der Waals surface area contributed by atoms with Gasteiger partial charge in [0.05, 0.1) is 5.02 Å². The molecule has 0 fully saturated rings. The van der Waals surface area contributed by atoms with Crippen LogP contribution in [0.3, 0.4) is 0 Å². The van der Waals surface area contributed by atoms with Gasteiger partial charge in [0.1, 0.15) is 5.75 Å². The summed E-state index contributed by atoms with van der Waals surface area (Å²) in [6.07, 6.45) is -0.958. The van der Waals surface area contributed by atoms with Crippen LogP contribution in [-0.2, 0) is 14.4 Å². The number of nitrogens with one attached hydrogen (secondary N) is 3. The van der Waals surface area contributed by atoms with Gasteiger partial charge in [0.25, 0.3) is 5.91 Å². The molecule has 2 rings (SSSR count). The Morgan fingerprint density at radius 1 is 1.00 bits per heavy atom. The third kappa shape index (κ3) is 7.12. The summed E-state index contributed by atoms with van der Waals surface area (Å²) in [6, 6.07) is 12.4. The summed E-state index contributed by atoms with van der Waals surface area (Å²) in [5, 5.41) is 3.15. The number of ether oxygens (including phenoxy) is 1. The number of hydrogen-bond acceptors (Lipinski definition) is 4. The zero-order chi connectivity index (χ0) is 21.4. The molecule has 0 aliphatic carbocycles. The maximum atomic E-state index is 12.0. The molecule has 2 aromatic rings. The largest absolute Gasteiger partial charge is 0.479 e. The first-order valence-electron chi connectivity index (χ1n) is 9.13. The van der Waals surface area contributed by atoms with E-state index < -0.39 is 17.9 Å². The number of carbonyl (C=O) groups is 3.